The van der Waals surface area contributed by atoms with E-state index in [0.29, 0.717) is 11.1 Å². The Labute approximate surface area is 151 Å². The average molecular weight is 357 g/mol. The molecule has 1 amide bonds. The summed E-state index contributed by atoms with van der Waals surface area (Å²) in [5.41, 5.74) is 1.20. The maximum atomic E-state index is 14.1. The Morgan fingerprint density at radius 3 is 2.65 bits per heavy atom. The van der Waals surface area contributed by atoms with Crippen molar-refractivity contribution in [2.45, 2.75) is 12.6 Å². The fraction of sp³-hybridized carbons (Fsp3) is 0.250. The minimum Gasteiger partial charge on any atom is -0.353 e. The van der Waals surface area contributed by atoms with Crippen LogP contribution >= 0.6 is 0 Å². The van der Waals surface area contributed by atoms with Crippen molar-refractivity contribution in [3.05, 3.63) is 71.9 Å². The van der Waals surface area contributed by atoms with E-state index in [0.717, 1.165) is 5.39 Å². The van der Waals surface area contributed by atoms with Gasteiger partial charge in [-0.3, -0.25) is 4.79 Å². The largest absolute Gasteiger partial charge is 0.353 e. The van der Waals surface area contributed by atoms with E-state index in [4.69, 9.17) is 0 Å². The van der Waals surface area contributed by atoms with E-state index < -0.39 is 0 Å². The van der Waals surface area contributed by atoms with Crippen LogP contribution in [0.1, 0.15) is 11.6 Å². The zero-order valence-electron chi connectivity index (χ0n) is 14.7. The minimum absolute atomic E-state index is 0.0738. The minimum atomic E-state index is -0.343. The Morgan fingerprint density at radius 2 is 1.92 bits per heavy atom. The van der Waals surface area contributed by atoms with Gasteiger partial charge in [-0.15, -0.1) is 0 Å². The van der Waals surface area contributed by atoms with Crippen LogP contribution in [0.15, 0.2) is 54.7 Å². The second-order valence-electron chi connectivity index (χ2n) is 6.45. The first-order chi connectivity index (χ1) is 12.5. The van der Waals surface area contributed by atoms with Gasteiger partial charge in [-0.05, 0) is 49.8 Å². The summed E-state index contributed by atoms with van der Waals surface area (Å²) < 4.78 is 29.2. The number of carbonyl (C=O) groups is 1. The molecule has 4 nitrogen and oxygen atoms in total. The number of nitrogens with one attached hydrogen (secondary N) is 1. The fourth-order valence-corrected chi connectivity index (χ4v) is 3.03. The highest BCUT2D eigenvalue weighted by atomic mass is 19.1. The van der Waals surface area contributed by atoms with Gasteiger partial charge in [0.15, 0.2) is 0 Å². The molecule has 0 radical (unpaired) electrons. The molecule has 3 aromatic rings. The molecule has 1 atom stereocenters. The molecule has 0 fully saturated rings. The van der Waals surface area contributed by atoms with Crippen molar-refractivity contribution in [3.63, 3.8) is 0 Å². The lowest BCUT2D eigenvalue weighted by Crippen LogP contribution is -2.36. The number of halogens is 2. The molecule has 1 N–H and O–H groups in total. The molecule has 26 heavy (non-hydrogen) atoms. The number of fused-ring (bicyclic) bond motifs is 1. The van der Waals surface area contributed by atoms with Crippen LogP contribution < -0.4 is 5.32 Å². The number of carbonyl (C=O) groups excluding carboxylic acids is 1. The number of hydrogen-bond acceptors (Lipinski definition) is 2. The Kier molecular flexibility index (Phi) is 5.32. The van der Waals surface area contributed by atoms with Gasteiger partial charge in [0.2, 0.25) is 5.91 Å². The standard InChI is InChI=1S/C20H21F2N3O/c1-24(2)19(16-5-3-4-6-17(16)22)12-23-20(26)13-25-10-9-14-7-8-15(21)11-18(14)25/h3-11,19H,12-13H2,1-2H3,(H,23,26). The van der Waals surface area contributed by atoms with Gasteiger partial charge >= 0.3 is 0 Å². The Hall–Kier alpha value is -2.73. The quantitative estimate of drug-likeness (QED) is 0.735. The first kappa shape index (κ1) is 18.1. The van der Waals surface area contributed by atoms with Gasteiger partial charge in [0, 0.05) is 18.3 Å². The number of amides is 1. The van der Waals surface area contributed by atoms with Crippen LogP contribution in [0.5, 0.6) is 0 Å². The summed E-state index contributed by atoms with van der Waals surface area (Å²) in [7, 11) is 3.68. The lowest BCUT2D eigenvalue weighted by molar-refractivity contribution is -0.121. The van der Waals surface area contributed by atoms with Gasteiger partial charge in [0.25, 0.3) is 0 Å². The Bertz CT molecular complexity index is 920. The maximum absolute atomic E-state index is 14.1. The fourth-order valence-electron chi connectivity index (χ4n) is 3.03. The predicted octanol–water partition coefficient (Wildman–Crippen LogP) is 3.34. The second-order valence-corrected chi connectivity index (χ2v) is 6.45. The van der Waals surface area contributed by atoms with Crippen molar-refractivity contribution in [1.82, 2.24) is 14.8 Å². The summed E-state index contributed by atoms with van der Waals surface area (Å²) in [5, 5.41) is 3.72. The zero-order chi connectivity index (χ0) is 18.7. The van der Waals surface area contributed by atoms with Crippen LogP contribution in [0, 0.1) is 11.6 Å². The first-order valence-corrected chi connectivity index (χ1v) is 8.37. The third-order valence-corrected chi connectivity index (χ3v) is 4.43. The van der Waals surface area contributed by atoms with E-state index in [1.165, 1.54) is 18.2 Å². The number of likely N-dealkylation sites (N-methyl/N-ethyl adjacent to an activating group) is 1. The molecular formula is C20H21F2N3O. The normalized spacial score (nSPS) is 12.5. The van der Waals surface area contributed by atoms with E-state index in [2.05, 4.69) is 5.32 Å². The van der Waals surface area contributed by atoms with Gasteiger partial charge in [-0.1, -0.05) is 18.2 Å². The molecule has 0 aliphatic carbocycles. The molecule has 1 heterocycles. The smallest absolute Gasteiger partial charge is 0.240 e. The van der Waals surface area contributed by atoms with Crippen molar-refractivity contribution in [2.75, 3.05) is 20.6 Å². The molecule has 1 unspecified atom stereocenters. The van der Waals surface area contributed by atoms with E-state index in [1.54, 1.807) is 35.0 Å². The van der Waals surface area contributed by atoms with Crippen molar-refractivity contribution in [2.24, 2.45) is 0 Å². The van der Waals surface area contributed by atoms with Gasteiger partial charge in [0.05, 0.1) is 11.6 Å². The summed E-state index contributed by atoms with van der Waals surface area (Å²) in [5.74, 6) is -0.854. The van der Waals surface area contributed by atoms with Crippen LogP contribution in [-0.2, 0) is 11.3 Å². The summed E-state index contributed by atoms with van der Waals surface area (Å²) in [6.45, 7) is 0.352. The number of aromatic nitrogens is 1. The van der Waals surface area contributed by atoms with Gasteiger partial charge in [0.1, 0.15) is 18.2 Å². The van der Waals surface area contributed by atoms with Crippen LogP contribution in [0.3, 0.4) is 0 Å². The molecule has 6 heteroatoms. The third-order valence-electron chi connectivity index (χ3n) is 4.43. The number of hydrogen-bond donors (Lipinski definition) is 1. The topological polar surface area (TPSA) is 37.3 Å². The molecule has 0 aliphatic heterocycles. The highest BCUT2D eigenvalue weighted by Gasteiger charge is 2.18. The summed E-state index contributed by atoms with van der Waals surface area (Å²) in [6.07, 6.45) is 1.75. The monoisotopic (exact) mass is 357 g/mol. The molecule has 0 saturated carbocycles. The van der Waals surface area contributed by atoms with Gasteiger partial charge in [-0.2, -0.15) is 0 Å². The van der Waals surface area contributed by atoms with Crippen LogP contribution in [0.2, 0.25) is 0 Å². The van der Waals surface area contributed by atoms with E-state index >= 15 is 0 Å². The van der Waals surface area contributed by atoms with Crippen LogP contribution in [0.4, 0.5) is 8.78 Å². The number of nitrogens with zero attached hydrogens (tertiary/aromatic N) is 2. The van der Waals surface area contributed by atoms with Crippen LogP contribution in [-0.4, -0.2) is 36.0 Å². The lowest BCUT2D eigenvalue weighted by Gasteiger charge is -2.25. The van der Waals surface area contributed by atoms with Crippen molar-refractivity contribution in [3.8, 4) is 0 Å². The SMILES string of the molecule is CN(C)C(CNC(=O)Cn1ccc2ccc(F)cc21)c1ccccc1F. The molecule has 3 rings (SSSR count). The molecule has 0 aliphatic rings. The van der Waals surface area contributed by atoms with Gasteiger partial charge in [-0.25, -0.2) is 8.78 Å². The summed E-state index contributed by atoms with van der Waals surface area (Å²) in [4.78, 5) is 14.2. The highest BCUT2D eigenvalue weighted by molar-refractivity contribution is 5.83. The number of benzene rings is 2. The highest BCUT2D eigenvalue weighted by Crippen LogP contribution is 2.21. The zero-order valence-corrected chi connectivity index (χ0v) is 14.7. The molecule has 2 aromatic carbocycles. The van der Waals surface area contributed by atoms with E-state index in [1.807, 2.05) is 25.1 Å². The Morgan fingerprint density at radius 1 is 1.15 bits per heavy atom. The van der Waals surface area contributed by atoms with Crippen molar-refractivity contribution >= 4 is 16.8 Å². The summed E-state index contributed by atoms with van der Waals surface area (Å²) in [6, 6.07) is 12.6. The molecule has 136 valence electrons. The lowest BCUT2D eigenvalue weighted by atomic mass is 10.1. The average Bonchev–Trinajstić information content (AvgIpc) is 2.98. The molecule has 0 spiro atoms. The molecule has 0 saturated heterocycles. The second kappa shape index (κ2) is 7.66. The van der Waals surface area contributed by atoms with Crippen molar-refractivity contribution in [1.29, 1.82) is 0 Å². The summed E-state index contributed by atoms with van der Waals surface area (Å²) >= 11 is 0. The molecular weight excluding hydrogens is 336 g/mol. The molecule has 1 aromatic heterocycles. The Balaban J connectivity index is 1.69. The number of rotatable bonds is 6. The van der Waals surface area contributed by atoms with Gasteiger partial charge < -0.3 is 14.8 Å². The first-order valence-electron chi connectivity index (χ1n) is 8.37. The maximum Gasteiger partial charge on any atom is 0.240 e. The van der Waals surface area contributed by atoms with Crippen LogP contribution in [0.25, 0.3) is 10.9 Å². The third kappa shape index (κ3) is 3.91. The van der Waals surface area contributed by atoms with Crippen molar-refractivity contribution < 1.29 is 13.6 Å². The molecule has 0 bridgehead atoms. The van der Waals surface area contributed by atoms with E-state index in [-0.39, 0.29) is 36.7 Å². The predicted molar refractivity (Wildman–Crippen MR) is 97.7 cm³/mol. The van der Waals surface area contributed by atoms with E-state index in [9.17, 15) is 13.6 Å².